The van der Waals surface area contributed by atoms with Crippen molar-refractivity contribution in [1.29, 1.82) is 0 Å². The van der Waals surface area contributed by atoms with E-state index < -0.39 is 5.60 Å². The molecule has 1 saturated carbocycles. The first-order chi connectivity index (χ1) is 13.9. The first kappa shape index (κ1) is 18.7. The van der Waals surface area contributed by atoms with E-state index in [0.29, 0.717) is 12.5 Å². The Kier molecular flexibility index (Phi) is 4.44. The number of hydrogen-bond acceptors (Lipinski definition) is 5. The predicted octanol–water partition coefficient (Wildman–Crippen LogP) is 4.28. The van der Waals surface area contributed by atoms with Crippen molar-refractivity contribution < 1.29 is 9.53 Å². The van der Waals surface area contributed by atoms with Gasteiger partial charge in [-0.15, -0.1) is 0 Å². The number of carbonyl (C=O) groups is 1. The van der Waals surface area contributed by atoms with Crippen LogP contribution in [0, 0.1) is 0 Å². The summed E-state index contributed by atoms with van der Waals surface area (Å²) in [6.07, 6.45) is 6.47. The molecule has 2 aliphatic heterocycles. The number of hydrogen-bond donors (Lipinski definition) is 0. The average Bonchev–Trinajstić information content (AvgIpc) is 3.38. The van der Waals surface area contributed by atoms with Crippen LogP contribution in [0.1, 0.15) is 82.6 Å². The molecule has 156 valence electrons. The van der Waals surface area contributed by atoms with Gasteiger partial charge in [0, 0.05) is 43.4 Å². The van der Waals surface area contributed by atoms with Crippen LogP contribution in [0.2, 0.25) is 0 Å². The smallest absolute Gasteiger partial charge is 0.410 e. The van der Waals surface area contributed by atoms with E-state index in [1.165, 1.54) is 25.0 Å². The van der Waals surface area contributed by atoms with Crippen LogP contribution in [-0.4, -0.2) is 50.8 Å². The van der Waals surface area contributed by atoms with Gasteiger partial charge in [0.25, 0.3) is 0 Å². The molecule has 1 atom stereocenters. The lowest BCUT2D eigenvalue weighted by molar-refractivity contribution is 0.00898. The van der Waals surface area contributed by atoms with Crippen molar-refractivity contribution >= 4 is 17.6 Å². The monoisotopic (exact) mass is 397 g/mol. The number of rotatable bonds is 3. The molecule has 0 bridgehead atoms. The summed E-state index contributed by atoms with van der Waals surface area (Å²) in [5, 5.41) is 4.95. The molecule has 2 aromatic rings. The molecule has 2 aromatic heterocycles. The van der Waals surface area contributed by atoms with Crippen LogP contribution in [0.4, 0.5) is 10.6 Å². The van der Waals surface area contributed by atoms with E-state index in [1.54, 1.807) is 0 Å². The molecule has 3 fully saturated rings. The van der Waals surface area contributed by atoms with Crippen LogP contribution in [0.5, 0.6) is 0 Å². The van der Waals surface area contributed by atoms with E-state index >= 15 is 0 Å². The summed E-state index contributed by atoms with van der Waals surface area (Å²) in [6, 6.07) is 4.27. The van der Waals surface area contributed by atoms with Crippen molar-refractivity contribution in [3.63, 3.8) is 0 Å². The molecular weight excluding hydrogens is 366 g/mol. The minimum atomic E-state index is -0.497. The maximum absolute atomic E-state index is 12.8. The molecule has 0 N–H and O–H groups in total. The van der Waals surface area contributed by atoms with Crippen molar-refractivity contribution in [2.24, 2.45) is 0 Å². The highest BCUT2D eigenvalue weighted by Crippen LogP contribution is 2.41. The highest BCUT2D eigenvalue weighted by atomic mass is 16.6. The van der Waals surface area contributed by atoms with Crippen molar-refractivity contribution in [1.82, 2.24) is 19.5 Å². The lowest BCUT2D eigenvalue weighted by atomic mass is 10.00. The molecule has 3 aliphatic rings. The van der Waals surface area contributed by atoms with Crippen LogP contribution in [0.15, 0.2) is 12.1 Å². The van der Waals surface area contributed by atoms with Gasteiger partial charge < -0.3 is 9.64 Å². The lowest BCUT2D eigenvalue weighted by Crippen LogP contribution is -2.42. The molecule has 5 rings (SSSR count). The van der Waals surface area contributed by atoms with E-state index in [4.69, 9.17) is 14.8 Å². The van der Waals surface area contributed by atoms with Gasteiger partial charge in [0.05, 0.1) is 11.7 Å². The van der Waals surface area contributed by atoms with Crippen LogP contribution in [0.3, 0.4) is 0 Å². The topological polar surface area (TPSA) is 63.0 Å². The zero-order valence-electron chi connectivity index (χ0n) is 17.7. The van der Waals surface area contributed by atoms with Gasteiger partial charge >= 0.3 is 6.09 Å². The number of anilines is 1. The zero-order valence-corrected chi connectivity index (χ0v) is 17.7. The van der Waals surface area contributed by atoms with Gasteiger partial charge in [0.2, 0.25) is 0 Å². The van der Waals surface area contributed by atoms with E-state index in [9.17, 15) is 4.79 Å². The number of fused-ring (bicyclic) bond motifs is 1. The fourth-order valence-corrected chi connectivity index (χ4v) is 4.29. The Labute approximate surface area is 172 Å². The van der Waals surface area contributed by atoms with Gasteiger partial charge in [-0.3, -0.25) is 4.90 Å². The zero-order chi connectivity index (χ0) is 20.2. The molecule has 4 heterocycles. The molecular formula is C22H31N5O2. The summed E-state index contributed by atoms with van der Waals surface area (Å²) < 4.78 is 7.67. The predicted molar refractivity (Wildman–Crippen MR) is 111 cm³/mol. The normalized spacial score (nSPS) is 22.7. The standard InChI is InChI=1S/C22H31N5O2/c1-22(2,3)29-21(28)26-12-5-4-7-18(26)17-13-19-23-16(15-8-9-15)14-20(27(19)24-17)25-10-6-11-25/h13-15,18H,4-12H2,1-3H3. The number of ether oxygens (including phenoxy) is 1. The van der Waals surface area contributed by atoms with Gasteiger partial charge in [0.1, 0.15) is 11.4 Å². The van der Waals surface area contributed by atoms with Crippen LogP contribution >= 0.6 is 0 Å². The van der Waals surface area contributed by atoms with Gasteiger partial charge in [-0.2, -0.15) is 9.61 Å². The number of likely N-dealkylation sites (tertiary alicyclic amines) is 1. The van der Waals surface area contributed by atoms with Gasteiger partial charge in [-0.05, 0) is 59.3 Å². The molecule has 1 aliphatic carbocycles. The van der Waals surface area contributed by atoms with Crippen molar-refractivity contribution in [2.45, 2.75) is 76.9 Å². The Balaban J connectivity index is 1.50. The number of amides is 1. The highest BCUT2D eigenvalue weighted by molar-refractivity contribution is 5.69. The maximum atomic E-state index is 12.8. The molecule has 1 amide bonds. The summed E-state index contributed by atoms with van der Waals surface area (Å²) in [7, 11) is 0. The van der Waals surface area contributed by atoms with Crippen LogP contribution < -0.4 is 4.90 Å². The summed E-state index contributed by atoms with van der Waals surface area (Å²) in [4.78, 5) is 22.0. The second-order valence-corrected chi connectivity index (χ2v) is 9.68. The summed E-state index contributed by atoms with van der Waals surface area (Å²) in [5.41, 5.74) is 2.53. The summed E-state index contributed by atoms with van der Waals surface area (Å²) in [6.45, 7) is 8.61. The van der Waals surface area contributed by atoms with Gasteiger partial charge in [-0.25, -0.2) is 9.78 Å². The Morgan fingerprint density at radius 2 is 1.83 bits per heavy atom. The Bertz CT molecular complexity index is 923. The third-order valence-corrected chi connectivity index (χ3v) is 6.09. The molecule has 0 spiro atoms. The minimum absolute atomic E-state index is 0.0473. The SMILES string of the molecule is CC(C)(C)OC(=O)N1CCCCC1c1cc2nc(C3CC3)cc(N3CCC3)n2n1. The Morgan fingerprint density at radius 1 is 1.03 bits per heavy atom. The average molecular weight is 398 g/mol. The molecule has 29 heavy (non-hydrogen) atoms. The second-order valence-electron chi connectivity index (χ2n) is 9.68. The van der Waals surface area contributed by atoms with Crippen molar-refractivity contribution in [3.8, 4) is 0 Å². The lowest BCUT2D eigenvalue weighted by Gasteiger charge is -2.36. The van der Waals surface area contributed by atoms with E-state index in [0.717, 1.165) is 49.5 Å². The first-order valence-electron chi connectivity index (χ1n) is 11.0. The quantitative estimate of drug-likeness (QED) is 0.774. The van der Waals surface area contributed by atoms with Crippen LogP contribution in [-0.2, 0) is 4.74 Å². The van der Waals surface area contributed by atoms with Crippen LogP contribution in [0.25, 0.3) is 5.65 Å². The second kappa shape index (κ2) is 6.89. The van der Waals surface area contributed by atoms with E-state index in [-0.39, 0.29) is 12.1 Å². The third kappa shape index (κ3) is 3.67. The Hall–Kier alpha value is -2.31. The molecule has 0 aromatic carbocycles. The molecule has 7 nitrogen and oxygen atoms in total. The van der Waals surface area contributed by atoms with Crippen molar-refractivity contribution in [2.75, 3.05) is 24.5 Å². The van der Waals surface area contributed by atoms with E-state index in [1.807, 2.05) is 30.2 Å². The van der Waals surface area contributed by atoms with Crippen molar-refractivity contribution in [3.05, 3.63) is 23.5 Å². The largest absolute Gasteiger partial charge is 0.444 e. The highest BCUT2D eigenvalue weighted by Gasteiger charge is 2.34. The minimum Gasteiger partial charge on any atom is -0.444 e. The number of carbonyl (C=O) groups excluding carboxylic acids is 1. The third-order valence-electron chi connectivity index (χ3n) is 6.09. The molecule has 2 saturated heterocycles. The number of piperidine rings is 1. The first-order valence-corrected chi connectivity index (χ1v) is 11.0. The molecule has 0 radical (unpaired) electrons. The van der Waals surface area contributed by atoms with E-state index in [2.05, 4.69) is 17.0 Å². The molecule has 7 heteroatoms. The number of aromatic nitrogens is 3. The summed E-state index contributed by atoms with van der Waals surface area (Å²) in [5.74, 6) is 1.75. The van der Waals surface area contributed by atoms with Gasteiger partial charge in [-0.1, -0.05) is 0 Å². The number of nitrogens with zero attached hydrogens (tertiary/aromatic N) is 5. The fraction of sp³-hybridized carbons (Fsp3) is 0.682. The maximum Gasteiger partial charge on any atom is 0.410 e. The molecule has 1 unspecified atom stereocenters. The van der Waals surface area contributed by atoms with Gasteiger partial charge in [0.15, 0.2) is 5.65 Å². The Morgan fingerprint density at radius 3 is 2.48 bits per heavy atom. The summed E-state index contributed by atoms with van der Waals surface area (Å²) >= 11 is 0. The fourth-order valence-electron chi connectivity index (χ4n) is 4.29.